The molecule has 0 unspecified atom stereocenters. The van der Waals surface area contributed by atoms with E-state index in [1.165, 1.54) is 11.8 Å². The third kappa shape index (κ3) is 2.95. The Hall–Kier alpha value is -1.69. The normalized spacial score (nSPS) is 10.7. The average molecular weight is 266 g/mol. The van der Waals surface area contributed by atoms with Crippen molar-refractivity contribution >= 4 is 17.7 Å². The van der Waals surface area contributed by atoms with Gasteiger partial charge in [0.1, 0.15) is 5.76 Å². The largest absolute Gasteiger partial charge is 0.481 e. The second kappa shape index (κ2) is 5.77. The first-order valence-corrected chi connectivity index (χ1v) is 6.60. The molecule has 96 valence electrons. The van der Waals surface area contributed by atoms with Gasteiger partial charge in [-0.25, -0.2) is 4.98 Å². The van der Waals surface area contributed by atoms with Gasteiger partial charge in [-0.15, -0.1) is 0 Å². The first kappa shape index (κ1) is 12.8. The maximum absolute atomic E-state index is 10.6. The van der Waals surface area contributed by atoms with Crippen molar-refractivity contribution in [2.75, 3.05) is 5.75 Å². The van der Waals surface area contributed by atoms with Crippen LogP contribution in [0.25, 0.3) is 0 Å². The molecule has 2 rings (SSSR count). The zero-order valence-corrected chi connectivity index (χ0v) is 10.8. The molecule has 0 bridgehead atoms. The fourth-order valence-corrected chi connectivity index (χ4v) is 2.36. The van der Waals surface area contributed by atoms with E-state index in [4.69, 9.17) is 9.52 Å². The zero-order valence-electron chi connectivity index (χ0n) is 10.00. The van der Waals surface area contributed by atoms with Crippen LogP contribution in [0.15, 0.2) is 34.2 Å². The highest BCUT2D eigenvalue weighted by Crippen LogP contribution is 2.20. The number of imidazole rings is 1. The van der Waals surface area contributed by atoms with Crippen LogP contribution in [0.1, 0.15) is 18.4 Å². The lowest BCUT2D eigenvalue weighted by molar-refractivity contribution is -0.133. The van der Waals surface area contributed by atoms with Crippen LogP contribution in [0.3, 0.4) is 0 Å². The summed E-state index contributed by atoms with van der Waals surface area (Å²) in [7, 11) is 0. The number of hydrogen-bond donors (Lipinski definition) is 1. The number of rotatable bonds is 6. The van der Waals surface area contributed by atoms with Gasteiger partial charge in [0.15, 0.2) is 5.16 Å². The summed E-state index contributed by atoms with van der Waals surface area (Å²) in [6.07, 6.45) is 4.26. The van der Waals surface area contributed by atoms with Crippen LogP contribution in [0.2, 0.25) is 0 Å². The summed E-state index contributed by atoms with van der Waals surface area (Å²) in [6, 6.07) is 3.73. The van der Waals surface area contributed by atoms with Crippen LogP contribution in [-0.4, -0.2) is 26.4 Å². The Balaban J connectivity index is 2.19. The summed E-state index contributed by atoms with van der Waals surface area (Å²) >= 11 is 1.22. The van der Waals surface area contributed by atoms with Gasteiger partial charge in [0.2, 0.25) is 0 Å². The molecule has 0 amide bonds. The van der Waals surface area contributed by atoms with E-state index in [1.54, 1.807) is 12.5 Å². The molecule has 1 N–H and O–H groups in total. The van der Waals surface area contributed by atoms with Crippen LogP contribution in [0.5, 0.6) is 0 Å². The number of hydrogen-bond acceptors (Lipinski definition) is 4. The zero-order chi connectivity index (χ0) is 13.0. The van der Waals surface area contributed by atoms with Crippen LogP contribution in [0.4, 0.5) is 0 Å². The monoisotopic (exact) mass is 266 g/mol. The van der Waals surface area contributed by atoms with Crippen molar-refractivity contribution < 1.29 is 14.3 Å². The standard InChI is InChI=1S/C12H14N2O3S/c1-2-9-6-13-12(18-8-11(15)16)14(9)7-10-4-3-5-17-10/h3-6H,2,7-8H2,1H3,(H,15,16). The minimum absolute atomic E-state index is 0.0122. The molecule has 0 radical (unpaired) electrons. The van der Waals surface area contributed by atoms with Crippen molar-refractivity contribution in [3.05, 3.63) is 36.0 Å². The van der Waals surface area contributed by atoms with Gasteiger partial charge in [-0.1, -0.05) is 18.7 Å². The van der Waals surface area contributed by atoms with Gasteiger partial charge in [0.05, 0.1) is 18.6 Å². The molecule has 0 aliphatic carbocycles. The Morgan fingerprint density at radius 1 is 1.61 bits per heavy atom. The lowest BCUT2D eigenvalue weighted by Gasteiger charge is -2.08. The molecule has 0 saturated heterocycles. The molecule has 0 fully saturated rings. The number of aromatic nitrogens is 2. The third-order valence-corrected chi connectivity index (χ3v) is 3.46. The first-order chi connectivity index (χ1) is 8.70. The van der Waals surface area contributed by atoms with E-state index in [1.807, 2.05) is 23.6 Å². The topological polar surface area (TPSA) is 68.3 Å². The summed E-state index contributed by atoms with van der Waals surface area (Å²) in [6.45, 7) is 2.62. The van der Waals surface area contributed by atoms with Crippen molar-refractivity contribution in [2.45, 2.75) is 25.0 Å². The van der Waals surface area contributed by atoms with Crippen molar-refractivity contribution in [1.29, 1.82) is 0 Å². The lowest BCUT2D eigenvalue weighted by atomic mass is 10.3. The van der Waals surface area contributed by atoms with E-state index >= 15 is 0 Å². The summed E-state index contributed by atoms with van der Waals surface area (Å²) in [5, 5.41) is 9.42. The number of furan rings is 1. The van der Waals surface area contributed by atoms with Gasteiger partial charge in [-0.05, 0) is 18.6 Å². The molecular weight excluding hydrogens is 252 g/mol. The summed E-state index contributed by atoms with van der Waals surface area (Å²) in [5.41, 5.74) is 1.07. The summed E-state index contributed by atoms with van der Waals surface area (Å²) in [5.74, 6) is 0.00340. The number of thioether (sulfide) groups is 1. The third-order valence-electron chi connectivity index (χ3n) is 2.48. The second-order valence-electron chi connectivity index (χ2n) is 3.73. The van der Waals surface area contributed by atoms with Crippen LogP contribution >= 0.6 is 11.8 Å². The maximum atomic E-state index is 10.6. The van der Waals surface area contributed by atoms with Crippen molar-refractivity contribution in [3.8, 4) is 0 Å². The molecule has 2 heterocycles. The Morgan fingerprint density at radius 2 is 2.44 bits per heavy atom. The highest BCUT2D eigenvalue weighted by molar-refractivity contribution is 7.99. The molecule has 0 saturated carbocycles. The van der Waals surface area contributed by atoms with Crippen LogP contribution in [-0.2, 0) is 17.8 Å². The predicted octanol–water partition coefficient (Wildman–Crippen LogP) is 2.26. The van der Waals surface area contributed by atoms with E-state index in [-0.39, 0.29) is 5.75 Å². The molecule has 2 aromatic heterocycles. The number of aryl methyl sites for hydroxylation is 1. The second-order valence-corrected chi connectivity index (χ2v) is 4.68. The van der Waals surface area contributed by atoms with Gasteiger partial charge < -0.3 is 14.1 Å². The van der Waals surface area contributed by atoms with E-state index in [0.717, 1.165) is 17.9 Å². The van der Waals surface area contributed by atoms with E-state index in [0.29, 0.717) is 11.7 Å². The molecule has 0 aromatic carbocycles. The molecule has 0 aliphatic heterocycles. The molecule has 6 heteroatoms. The number of nitrogens with zero attached hydrogens (tertiary/aromatic N) is 2. The Kier molecular flexibility index (Phi) is 4.09. The molecule has 0 spiro atoms. The number of carboxylic acid groups (broad SMARTS) is 1. The lowest BCUT2D eigenvalue weighted by Crippen LogP contribution is -2.06. The molecule has 5 nitrogen and oxygen atoms in total. The van der Waals surface area contributed by atoms with Gasteiger partial charge in [-0.3, -0.25) is 4.79 Å². The SMILES string of the molecule is CCc1cnc(SCC(=O)O)n1Cc1ccco1. The molecule has 0 aliphatic rings. The number of carboxylic acids is 1. The highest BCUT2D eigenvalue weighted by atomic mass is 32.2. The Labute approximate surface area is 109 Å². The number of carbonyl (C=O) groups is 1. The number of aliphatic carboxylic acids is 1. The van der Waals surface area contributed by atoms with E-state index in [9.17, 15) is 4.79 Å². The van der Waals surface area contributed by atoms with Crippen molar-refractivity contribution in [2.24, 2.45) is 0 Å². The maximum Gasteiger partial charge on any atom is 0.313 e. The van der Waals surface area contributed by atoms with Gasteiger partial charge >= 0.3 is 5.97 Å². The fraction of sp³-hybridized carbons (Fsp3) is 0.333. The predicted molar refractivity (Wildman–Crippen MR) is 67.8 cm³/mol. The van der Waals surface area contributed by atoms with E-state index in [2.05, 4.69) is 4.98 Å². The van der Waals surface area contributed by atoms with Gasteiger partial charge in [0.25, 0.3) is 0 Å². The van der Waals surface area contributed by atoms with Crippen LogP contribution < -0.4 is 0 Å². The van der Waals surface area contributed by atoms with Crippen molar-refractivity contribution in [3.63, 3.8) is 0 Å². The minimum Gasteiger partial charge on any atom is -0.481 e. The molecule has 0 atom stereocenters. The van der Waals surface area contributed by atoms with Crippen LogP contribution in [0, 0.1) is 0 Å². The Bertz CT molecular complexity index is 519. The van der Waals surface area contributed by atoms with Gasteiger partial charge in [-0.2, -0.15) is 0 Å². The summed E-state index contributed by atoms with van der Waals surface area (Å²) < 4.78 is 7.31. The smallest absolute Gasteiger partial charge is 0.313 e. The average Bonchev–Trinajstić information content (AvgIpc) is 2.97. The first-order valence-electron chi connectivity index (χ1n) is 5.62. The highest BCUT2D eigenvalue weighted by Gasteiger charge is 2.12. The Morgan fingerprint density at radius 3 is 3.06 bits per heavy atom. The molecular formula is C12H14N2O3S. The molecule has 18 heavy (non-hydrogen) atoms. The van der Waals surface area contributed by atoms with Gasteiger partial charge in [0, 0.05) is 11.9 Å². The molecule has 2 aromatic rings. The minimum atomic E-state index is -0.842. The summed E-state index contributed by atoms with van der Waals surface area (Å²) in [4.78, 5) is 14.9. The quantitative estimate of drug-likeness (QED) is 0.812. The fourth-order valence-electron chi connectivity index (χ4n) is 1.64. The van der Waals surface area contributed by atoms with E-state index < -0.39 is 5.97 Å². The van der Waals surface area contributed by atoms with Crippen molar-refractivity contribution in [1.82, 2.24) is 9.55 Å².